The van der Waals surface area contributed by atoms with Crippen LogP contribution in [0.5, 0.6) is 0 Å². The van der Waals surface area contributed by atoms with Crippen LogP contribution >= 0.6 is 0 Å². The Bertz CT molecular complexity index is 1340. The second-order valence-corrected chi connectivity index (χ2v) is 9.53. The average molecular weight is 489 g/mol. The Kier molecular flexibility index (Phi) is 5.73. The summed E-state index contributed by atoms with van der Waals surface area (Å²) in [6, 6.07) is 14.6. The molecule has 6 rings (SSSR count). The first-order valence-corrected chi connectivity index (χ1v) is 12.4. The fraction of sp³-hybridized carbons (Fsp3) is 0.370. The molecule has 3 aliphatic heterocycles. The van der Waals surface area contributed by atoms with Crippen LogP contribution in [0.15, 0.2) is 48.5 Å². The number of fused-ring (bicyclic) bond motifs is 5. The van der Waals surface area contributed by atoms with Gasteiger partial charge in [-0.3, -0.25) is 14.5 Å². The number of hydrogen-bond donors (Lipinski definition) is 1. The summed E-state index contributed by atoms with van der Waals surface area (Å²) in [5.74, 6) is -0.492. The minimum Gasteiger partial charge on any atom is -0.350 e. The van der Waals surface area contributed by atoms with E-state index in [1.54, 1.807) is 24.1 Å². The number of nitrogens with one attached hydrogen (secondary N) is 1. The van der Waals surface area contributed by atoms with E-state index in [4.69, 9.17) is 9.57 Å². The molecule has 0 saturated carbocycles. The van der Waals surface area contributed by atoms with Gasteiger partial charge in [0.1, 0.15) is 6.04 Å². The first-order valence-electron chi connectivity index (χ1n) is 12.4. The van der Waals surface area contributed by atoms with E-state index in [9.17, 15) is 14.4 Å². The first kappa shape index (κ1) is 22.8. The van der Waals surface area contributed by atoms with Gasteiger partial charge in [0.15, 0.2) is 6.29 Å². The number of amides is 4. The van der Waals surface area contributed by atoms with Gasteiger partial charge in [-0.1, -0.05) is 30.3 Å². The van der Waals surface area contributed by atoms with Crippen molar-refractivity contribution in [1.82, 2.24) is 19.8 Å². The maximum absolute atomic E-state index is 13.0. The average Bonchev–Trinajstić information content (AvgIpc) is 3.35. The number of para-hydroxylation sites is 1. The number of imide groups is 1. The smallest absolute Gasteiger partial charge is 0.327 e. The molecule has 2 atom stereocenters. The maximum atomic E-state index is 13.0. The van der Waals surface area contributed by atoms with Crippen LogP contribution in [0.2, 0.25) is 0 Å². The van der Waals surface area contributed by atoms with Crippen molar-refractivity contribution in [2.45, 2.75) is 44.6 Å². The number of hydrogen-bond acceptors (Lipinski definition) is 5. The summed E-state index contributed by atoms with van der Waals surface area (Å²) in [5, 5.41) is 0.997. The lowest BCUT2D eigenvalue weighted by molar-refractivity contribution is -0.186. The van der Waals surface area contributed by atoms with Gasteiger partial charge in [0, 0.05) is 67.3 Å². The van der Waals surface area contributed by atoms with Gasteiger partial charge in [-0.15, -0.1) is 0 Å². The summed E-state index contributed by atoms with van der Waals surface area (Å²) >= 11 is 0. The van der Waals surface area contributed by atoms with Crippen molar-refractivity contribution in [2.24, 2.45) is 0 Å². The fourth-order valence-corrected chi connectivity index (χ4v) is 5.51. The van der Waals surface area contributed by atoms with E-state index in [0.717, 1.165) is 47.0 Å². The molecule has 36 heavy (non-hydrogen) atoms. The van der Waals surface area contributed by atoms with E-state index in [1.165, 1.54) is 4.90 Å². The minimum atomic E-state index is -0.573. The van der Waals surface area contributed by atoms with Crippen LogP contribution in [-0.4, -0.2) is 58.7 Å². The van der Waals surface area contributed by atoms with Gasteiger partial charge in [0.25, 0.3) is 11.8 Å². The molecule has 4 heterocycles. The highest BCUT2D eigenvalue weighted by Gasteiger charge is 2.48. The van der Waals surface area contributed by atoms with E-state index < -0.39 is 12.3 Å². The van der Waals surface area contributed by atoms with Crippen LogP contribution < -0.4 is 5.48 Å². The summed E-state index contributed by atoms with van der Waals surface area (Å²) < 4.78 is 7.71. The molecule has 9 heteroatoms. The van der Waals surface area contributed by atoms with Crippen LogP contribution in [0.25, 0.3) is 10.9 Å². The number of carbonyl (C=O) groups excluding carboxylic acids is 3. The van der Waals surface area contributed by atoms with Crippen molar-refractivity contribution in [1.29, 1.82) is 0 Å². The summed E-state index contributed by atoms with van der Waals surface area (Å²) in [5.41, 5.74) is 7.06. The molecule has 2 aromatic carbocycles. The van der Waals surface area contributed by atoms with E-state index >= 15 is 0 Å². The van der Waals surface area contributed by atoms with Gasteiger partial charge in [0.2, 0.25) is 0 Å². The second-order valence-electron chi connectivity index (χ2n) is 9.53. The number of likely N-dealkylation sites (N-methyl/N-ethyl adjacent to an activating group) is 1. The number of ether oxygens (including phenoxy) is 1. The zero-order chi connectivity index (χ0) is 24.8. The van der Waals surface area contributed by atoms with Crippen LogP contribution in [0.4, 0.5) is 4.79 Å². The van der Waals surface area contributed by atoms with Crippen molar-refractivity contribution in [3.8, 4) is 0 Å². The predicted octanol–water partition coefficient (Wildman–Crippen LogP) is 3.37. The van der Waals surface area contributed by atoms with E-state index in [1.807, 2.05) is 30.3 Å². The quantitative estimate of drug-likeness (QED) is 0.439. The number of urea groups is 1. The van der Waals surface area contributed by atoms with E-state index in [-0.39, 0.29) is 17.8 Å². The number of benzene rings is 2. The van der Waals surface area contributed by atoms with Crippen molar-refractivity contribution >= 4 is 28.7 Å². The minimum absolute atomic E-state index is 0.180. The van der Waals surface area contributed by atoms with Crippen LogP contribution in [-0.2, 0) is 27.3 Å². The third-order valence-electron chi connectivity index (χ3n) is 7.37. The molecule has 186 valence electrons. The Morgan fingerprint density at radius 2 is 1.92 bits per heavy atom. The Labute approximate surface area is 208 Å². The third-order valence-corrected chi connectivity index (χ3v) is 7.37. The SMILES string of the molecule is CN1C(=O)C2c3c(n(Cc4ccc(C(=O)NOC5CCCCO5)cc4)c4ccccc34)CCN2C1=O. The fourth-order valence-electron chi connectivity index (χ4n) is 5.51. The highest BCUT2D eigenvalue weighted by Crippen LogP contribution is 2.42. The van der Waals surface area contributed by atoms with Crippen LogP contribution in [0.3, 0.4) is 0 Å². The standard InChI is InChI=1S/C27H28N4O5/c1-29-26(33)24-23-19-6-2-3-7-20(19)31(21(23)13-14-30(24)27(29)34)16-17-9-11-18(12-10-17)25(32)28-36-22-8-4-5-15-35-22/h2-3,6-7,9-12,22,24H,4-5,8,13-16H2,1H3,(H,28,32). The maximum Gasteiger partial charge on any atom is 0.327 e. The molecule has 3 aromatic rings. The summed E-state index contributed by atoms with van der Waals surface area (Å²) in [6.45, 7) is 1.74. The van der Waals surface area contributed by atoms with Gasteiger partial charge in [-0.05, 0) is 36.6 Å². The molecule has 1 N–H and O–H groups in total. The lowest BCUT2D eigenvalue weighted by atomic mass is 9.96. The molecule has 2 unspecified atom stereocenters. The molecule has 2 fully saturated rings. The number of aromatic nitrogens is 1. The highest BCUT2D eigenvalue weighted by molar-refractivity contribution is 6.07. The molecule has 1 aromatic heterocycles. The monoisotopic (exact) mass is 488 g/mol. The van der Waals surface area contributed by atoms with Gasteiger partial charge in [0.05, 0.1) is 0 Å². The molecule has 4 amide bonds. The molecule has 3 aliphatic rings. The van der Waals surface area contributed by atoms with Gasteiger partial charge in [-0.25, -0.2) is 15.1 Å². The van der Waals surface area contributed by atoms with Gasteiger partial charge < -0.3 is 14.2 Å². The molecule has 2 saturated heterocycles. The predicted molar refractivity (Wildman–Crippen MR) is 131 cm³/mol. The van der Waals surface area contributed by atoms with Crippen LogP contribution in [0, 0.1) is 0 Å². The molecule has 0 radical (unpaired) electrons. The molecular formula is C27H28N4O5. The summed E-state index contributed by atoms with van der Waals surface area (Å²) in [7, 11) is 1.55. The molecule has 0 aliphatic carbocycles. The van der Waals surface area contributed by atoms with E-state index in [0.29, 0.717) is 31.7 Å². The van der Waals surface area contributed by atoms with Crippen molar-refractivity contribution in [3.63, 3.8) is 0 Å². The molecule has 0 bridgehead atoms. The normalized spacial score (nSPS) is 21.6. The number of rotatable bonds is 5. The van der Waals surface area contributed by atoms with E-state index in [2.05, 4.69) is 16.1 Å². The largest absolute Gasteiger partial charge is 0.350 e. The lowest BCUT2D eigenvalue weighted by Crippen LogP contribution is -2.36. The lowest BCUT2D eigenvalue weighted by Gasteiger charge is -2.28. The summed E-state index contributed by atoms with van der Waals surface area (Å²) in [6.07, 6.45) is 3.08. The number of nitrogens with zero attached hydrogens (tertiary/aromatic N) is 3. The topological polar surface area (TPSA) is 93.1 Å². The Hall–Kier alpha value is -3.69. The van der Waals surface area contributed by atoms with Crippen molar-refractivity contribution in [3.05, 3.63) is 70.9 Å². The van der Waals surface area contributed by atoms with Crippen molar-refractivity contribution in [2.75, 3.05) is 20.2 Å². The third kappa shape index (κ3) is 3.75. The Morgan fingerprint density at radius 1 is 1.11 bits per heavy atom. The molecular weight excluding hydrogens is 460 g/mol. The van der Waals surface area contributed by atoms with Gasteiger partial charge in [-0.2, -0.15) is 0 Å². The first-order chi connectivity index (χ1) is 17.5. The number of hydroxylamine groups is 1. The molecule has 9 nitrogen and oxygen atoms in total. The molecule has 0 spiro atoms. The van der Waals surface area contributed by atoms with Gasteiger partial charge >= 0.3 is 6.03 Å². The zero-order valence-corrected chi connectivity index (χ0v) is 20.1. The highest BCUT2D eigenvalue weighted by atomic mass is 16.8. The zero-order valence-electron chi connectivity index (χ0n) is 20.1. The van der Waals surface area contributed by atoms with Crippen molar-refractivity contribution < 1.29 is 24.0 Å². The summed E-state index contributed by atoms with van der Waals surface area (Å²) in [4.78, 5) is 46.4. The second kappa shape index (κ2) is 9.07. The Morgan fingerprint density at radius 3 is 2.69 bits per heavy atom. The number of carbonyl (C=O) groups is 3. The van der Waals surface area contributed by atoms with Crippen LogP contribution in [0.1, 0.15) is 52.5 Å². The Balaban J connectivity index is 1.25.